The number of rotatable bonds is 3. The van der Waals surface area contributed by atoms with Crippen LogP contribution in [0.3, 0.4) is 0 Å². The fourth-order valence-electron chi connectivity index (χ4n) is 2.27. The summed E-state index contributed by atoms with van der Waals surface area (Å²) in [5.74, 6) is 0. The van der Waals surface area contributed by atoms with Gasteiger partial charge in [-0.2, -0.15) is 0 Å². The average Bonchev–Trinajstić information content (AvgIpc) is 2.69. The van der Waals surface area contributed by atoms with Crippen molar-refractivity contribution in [3.8, 4) is 0 Å². The third-order valence-corrected chi connectivity index (χ3v) is 5.00. The van der Waals surface area contributed by atoms with Gasteiger partial charge in [-0.3, -0.25) is 0 Å². The minimum absolute atomic E-state index is 0.141. The van der Waals surface area contributed by atoms with E-state index in [4.69, 9.17) is 9.72 Å². The Morgan fingerprint density at radius 3 is 2.68 bits per heavy atom. The Bertz CT molecular complexity index is 428. The van der Waals surface area contributed by atoms with E-state index >= 15 is 0 Å². The van der Waals surface area contributed by atoms with E-state index in [1.165, 1.54) is 17.7 Å². The molecule has 19 heavy (non-hydrogen) atoms. The van der Waals surface area contributed by atoms with Crippen LogP contribution in [0.4, 0.5) is 0 Å². The molecule has 0 aliphatic carbocycles. The minimum Gasteiger partial charge on any atom is -0.368 e. The van der Waals surface area contributed by atoms with Crippen LogP contribution in [0.5, 0.6) is 0 Å². The van der Waals surface area contributed by atoms with Crippen molar-refractivity contribution in [1.29, 1.82) is 0 Å². The second kappa shape index (κ2) is 5.51. The van der Waals surface area contributed by atoms with Crippen molar-refractivity contribution >= 4 is 11.3 Å². The Kier molecular flexibility index (Phi) is 4.33. The van der Waals surface area contributed by atoms with E-state index in [0.29, 0.717) is 0 Å². The lowest BCUT2D eigenvalue weighted by Gasteiger charge is -2.31. The summed E-state index contributed by atoms with van der Waals surface area (Å²) < 4.78 is 5.99. The van der Waals surface area contributed by atoms with Crippen LogP contribution in [-0.4, -0.2) is 17.1 Å². The first-order valence-electron chi connectivity index (χ1n) is 7.16. The molecule has 1 unspecified atom stereocenters. The molecule has 3 nitrogen and oxygen atoms in total. The first-order chi connectivity index (χ1) is 8.80. The topological polar surface area (TPSA) is 34.1 Å². The van der Waals surface area contributed by atoms with Crippen LogP contribution in [-0.2, 0) is 16.9 Å². The summed E-state index contributed by atoms with van der Waals surface area (Å²) >= 11 is 1.81. The van der Waals surface area contributed by atoms with E-state index in [-0.39, 0.29) is 11.1 Å². The van der Waals surface area contributed by atoms with Crippen LogP contribution in [0.25, 0.3) is 0 Å². The maximum atomic E-state index is 5.99. The number of nitrogens with one attached hydrogen (secondary N) is 1. The molecule has 1 aromatic heterocycles. The van der Waals surface area contributed by atoms with E-state index in [9.17, 15) is 0 Å². The van der Waals surface area contributed by atoms with E-state index < -0.39 is 0 Å². The molecule has 0 spiro atoms. The molecule has 0 saturated carbocycles. The highest BCUT2D eigenvalue weighted by Crippen LogP contribution is 2.37. The molecule has 108 valence electrons. The van der Waals surface area contributed by atoms with Gasteiger partial charge in [0.15, 0.2) is 0 Å². The van der Waals surface area contributed by atoms with Crippen molar-refractivity contribution in [1.82, 2.24) is 10.3 Å². The van der Waals surface area contributed by atoms with Crippen molar-refractivity contribution < 1.29 is 4.74 Å². The van der Waals surface area contributed by atoms with Crippen LogP contribution in [0, 0.1) is 6.92 Å². The lowest BCUT2D eigenvalue weighted by Crippen LogP contribution is -2.34. The van der Waals surface area contributed by atoms with Crippen LogP contribution < -0.4 is 5.32 Å². The molecule has 1 aliphatic rings. The van der Waals surface area contributed by atoms with Gasteiger partial charge < -0.3 is 10.1 Å². The lowest BCUT2D eigenvalue weighted by molar-refractivity contribution is -0.0702. The number of ether oxygens (including phenoxy) is 1. The Morgan fingerprint density at radius 2 is 2.11 bits per heavy atom. The summed E-state index contributed by atoms with van der Waals surface area (Å²) in [6.07, 6.45) is 3.51. The van der Waals surface area contributed by atoms with Crippen molar-refractivity contribution in [2.45, 2.75) is 71.6 Å². The van der Waals surface area contributed by atoms with E-state index in [2.05, 4.69) is 39.9 Å². The van der Waals surface area contributed by atoms with Gasteiger partial charge in [-0.1, -0.05) is 0 Å². The zero-order valence-corrected chi connectivity index (χ0v) is 13.6. The number of thiazole rings is 1. The Balaban J connectivity index is 2.11. The first kappa shape index (κ1) is 14.9. The third-order valence-electron chi connectivity index (χ3n) is 3.59. The molecule has 0 amide bonds. The van der Waals surface area contributed by atoms with Gasteiger partial charge >= 0.3 is 0 Å². The zero-order chi connectivity index (χ0) is 14.1. The first-order valence-corrected chi connectivity index (χ1v) is 7.98. The van der Waals surface area contributed by atoms with Gasteiger partial charge in [0.1, 0.15) is 10.6 Å². The van der Waals surface area contributed by atoms with Gasteiger partial charge in [-0.25, -0.2) is 4.98 Å². The van der Waals surface area contributed by atoms with E-state index in [0.717, 1.165) is 30.3 Å². The Morgan fingerprint density at radius 1 is 1.37 bits per heavy atom. The fraction of sp³-hybridized carbons (Fsp3) is 0.800. The predicted octanol–water partition coefficient (Wildman–Crippen LogP) is 3.76. The molecule has 0 radical (unpaired) electrons. The number of nitrogens with zero attached hydrogens (tertiary/aromatic N) is 1. The second-order valence-electron chi connectivity index (χ2n) is 6.67. The SMILES string of the molecule is Cc1nc(C2(C)CCCCO2)sc1CNC(C)(C)C. The third kappa shape index (κ3) is 3.77. The van der Waals surface area contributed by atoms with Gasteiger partial charge in [0, 0.05) is 23.6 Å². The van der Waals surface area contributed by atoms with Gasteiger partial charge in [0.25, 0.3) is 0 Å². The highest BCUT2D eigenvalue weighted by molar-refractivity contribution is 7.11. The smallest absolute Gasteiger partial charge is 0.125 e. The maximum absolute atomic E-state index is 5.99. The summed E-state index contributed by atoms with van der Waals surface area (Å²) in [5.41, 5.74) is 1.13. The summed E-state index contributed by atoms with van der Waals surface area (Å²) in [6.45, 7) is 12.6. The van der Waals surface area contributed by atoms with Crippen molar-refractivity contribution in [2.75, 3.05) is 6.61 Å². The highest BCUT2D eigenvalue weighted by Gasteiger charge is 2.33. The van der Waals surface area contributed by atoms with Gasteiger partial charge in [0.2, 0.25) is 0 Å². The lowest BCUT2D eigenvalue weighted by atomic mass is 9.97. The summed E-state index contributed by atoms with van der Waals surface area (Å²) in [4.78, 5) is 6.09. The van der Waals surface area contributed by atoms with Crippen LogP contribution in [0.2, 0.25) is 0 Å². The molecule has 1 saturated heterocycles. The summed E-state index contributed by atoms with van der Waals surface area (Å²) in [5, 5.41) is 4.69. The fourth-order valence-corrected chi connectivity index (χ4v) is 3.40. The molecule has 2 heterocycles. The number of aryl methyl sites for hydroxylation is 1. The normalized spacial score (nSPS) is 24.7. The number of hydrogen-bond acceptors (Lipinski definition) is 4. The summed E-state index contributed by atoms with van der Waals surface area (Å²) in [6, 6.07) is 0. The second-order valence-corrected chi connectivity index (χ2v) is 7.75. The predicted molar refractivity (Wildman–Crippen MR) is 80.6 cm³/mol. The molecule has 0 bridgehead atoms. The van der Waals surface area contributed by atoms with Gasteiger partial charge in [0.05, 0.1) is 5.69 Å². The number of aromatic nitrogens is 1. The van der Waals surface area contributed by atoms with E-state index in [1.807, 2.05) is 0 Å². The molecule has 1 aliphatic heterocycles. The molecule has 0 aromatic carbocycles. The van der Waals surface area contributed by atoms with Crippen molar-refractivity contribution in [3.63, 3.8) is 0 Å². The van der Waals surface area contributed by atoms with E-state index in [1.54, 1.807) is 11.3 Å². The standard InChI is InChI=1S/C15H26N2OS/c1-11-12(10-16-14(2,3)4)19-13(17-11)15(5)8-6-7-9-18-15/h16H,6-10H2,1-5H3. The van der Waals surface area contributed by atoms with Crippen LogP contribution in [0.15, 0.2) is 0 Å². The molecule has 2 rings (SSSR count). The molecule has 4 heteroatoms. The molecular formula is C15H26N2OS. The van der Waals surface area contributed by atoms with Gasteiger partial charge in [-0.15, -0.1) is 11.3 Å². The quantitative estimate of drug-likeness (QED) is 0.916. The van der Waals surface area contributed by atoms with Crippen LogP contribution >= 0.6 is 11.3 Å². The van der Waals surface area contributed by atoms with Crippen molar-refractivity contribution in [3.05, 3.63) is 15.6 Å². The average molecular weight is 282 g/mol. The molecule has 1 fully saturated rings. The largest absolute Gasteiger partial charge is 0.368 e. The number of hydrogen-bond donors (Lipinski definition) is 1. The molecule has 1 N–H and O–H groups in total. The van der Waals surface area contributed by atoms with Crippen LogP contribution in [0.1, 0.15) is 62.5 Å². The maximum Gasteiger partial charge on any atom is 0.125 e. The minimum atomic E-state index is -0.159. The summed E-state index contributed by atoms with van der Waals surface area (Å²) in [7, 11) is 0. The van der Waals surface area contributed by atoms with Crippen molar-refractivity contribution in [2.24, 2.45) is 0 Å². The zero-order valence-electron chi connectivity index (χ0n) is 12.8. The Labute approximate surface area is 120 Å². The monoisotopic (exact) mass is 282 g/mol. The Hall–Kier alpha value is -0.450. The molecular weight excluding hydrogens is 256 g/mol. The highest BCUT2D eigenvalue weighted by atomic mass is 32.1. The van der Waals surface area contributed by atoms with Gasteiger partial charge in [-0.05, 0) is 53.9 Å². The molecule has 1 aromatic rings. The molecule has 1 atom stereocenters.